The molecule has 2 aliphatic heterocycles. The summed E-state index contributed by atoms with van der Waals surface area (Å²) in [7, 11) is 2.99. The summed E-state index contributed by atoms with van der Waals surface area (Å²) in [4.78, 5) is 26.2. The molecule has 2 saturated heterocycles. The van der Waals surface area contributed by atoms with Gasteiger partial charge in [-0.25, -0.2) is 0 Å². The number of esters is 2. The summed E-state index contributed by atoms with van der Waals surface area (Å²) in [5.74, 6) is 4.05. The van der Waals surface area contributed by atoms with E-state index in [-0.39, 0.29) is 20.1 Å². The second-order valence-corrected chi connectivity index (χ2v) is 13.3. The minimum atomic E-state index is -0.574. The van der Waals surface area contributed by atoms with Gasteiger partial charge in [-0.1, -0.05) is 0 Å². The van der Waals surface area contributed by atoms with Crippen LogP contribution in [0.4, 0.5) is 0 Å². The van der Waals surface area contributed by atoms with Gasteiger partial charge < -0.3 is 9.47 Å². The van der Waals surface area contributed by atoms with Crippen LogP contribution < -0.4 is 0 Å². The summed E-state index contributed by atoms with van der Waals surface area (Å²) in [5, 5.41) is 0. The number of rotatable bonds is 2. The predicted octanol–water partition coefficient (Wildman–Crippen LogP) is 3.64. The molecule has 25 heavy (non-hydrogen) atoms. The van der Waals surface area contributed by atoms with Crippen molar-refractivity contribution >= 4 is 59.0 Å². The van der Waals surface area contributed by atoms with Crippen LogP contribution in [0.25, 0.3) is 0 Å². The first-order chi connectivity index (χ1) is 12.0. The van der Waals surface area contributed by atoms with Gasteiger partial charge in [0.05, 0.1) is 33.2 Å². The molecule has 140 valence electrons. The zero-order valence-electron chi connectivity index (χ0n) is 14.6. The van der Waals surface area contributed by atoms with E-state index in [2.05, 4.69) is 0 Å². The smallest absolute Gasteiger partial charge is 0.314 e. The van der Waals surface area contributed by atoms with E-state index in [4.69, 9.17) is 9.47 Å². The number of thioether (sulfide) groups is 4. The van der Waals surface area contributed by atoms with Crippen LogP contribution in [0.1, 0.15) is 32.1 Å². The second kappa shape index (κ2) is 6.45. The highest BCUT2D eigenvalue weighted by Crippen LogP contribution is 2.76. The second-order valence-electron chi connectivity index (χ2n) is 7.22. The summed E-state index contributed by atoms with van der Waals surface area (Å²) in [6.07, 6.45) is 3.99. The third-order valence-electron chi connectivity index (χ3n) is 6.48. The normalized spacial score (nSPS) is 38.0. The Morgan fingerprint density at radius 2 is 1.04 bits per heavy atom. The maximum Gasteiger partial charge on any atom is 0.314 e. The van der Waals surface area contributed by atoms with E-state index < -0.39 is 10.8 Å². The fourth-order valence-electron chi connectivity index (χ4n) is 5.38. The highest BCUT2D eigenvalue weighted by atomic mass is 32.2. The van der Waals surface area contributed by atoms with E-state index in [0.29, 0.717) is 6.42 Å². The molecule has 0 aromatic carbocycles. The van der Waals surface area contributed by atoms with E-state index in [9.17, 15) is 9.59 Å². The van der Waals surface area contributed by atoms with E-state index in [0.717, 1.165) is 48.7 Å². The van der Waals surface area contributed by atoms with Crippen molar-refractivity contribution in [2.45, 2.75) is 40.3 Å². The Morgan fingerprint density at radius 3 is 1.36 bits per heavy atom. The van der Waals surface area contributed by atoms with Crippen molar-refractivity contribution in [3.8, 4) is 0 Å². The number of carbonyl (C=O) groups is 2. The predicted molar refractivity (Wildman–Crippen MR) is 107 cm³/mol. The summed E-state index contributed by atoms with van der Waals surface area (Å²) in [6.45, 7) is 0. The molecule has 4 aliphatic rings. The zero-order chi connectivity index (χ0) is 17.8. The van der Waals surface area contributed by atoms with Crippen molar-refractivity contribution in [2.75, 3.05) is 37.2 Å². The number of carbonyl (C=O) groups excluding carboxylic acids is 2. The van der Waals surface area contributed by atoms with Gasteiger partial charge in [0, 0.05) is 23.0 Å². The maximum absolute atomic E-state index is 13.1. The van der Waals surface area contributed by atoms with Gasteiger partial charge in [0.15, 0.2) is 0 Å². The van der Waals surface area contributed by atoms with Crippen LogP contribution in [-0.4, -0.2) is 57.3 Å². The van der Waals surface area contributed by atoms with E-state index in [1.807, 2.05) is 47.0 Å². The third kappa shape index (κ3) is 2.32. The molecule has 0 unspecified atom stereocenters. The number of fused-ring (bicyclic) bond motifs is 4. The van der Waals surface area contributed by atoms with Gasteiger partial charge in [-0.3, -0.25) is 9.59 Å². The molecule has 4 rings (SSSR count). The molecule has 2 bridgehead atoms. The van der Waals surface area contributed by atoms with E-state index >= 15 is 0 Å². The van der Waals surface area contributed by atoms with Crippen molar-refractivity contribution in [2.24, 2.45) is 10.8 Å². The molecule has 8 heteroatoms. The fraction of sp³-hybridized carbons (Fsp3) is 0.882. The molecule has 2 saturated carbocycles. The Bertz CT molecular complexity index is 535. The average molecular weight is 421 g/mol. The van der Waals surface area contributed by atoms with Gasteiger partial charge in [-0.2, -0.15) is 0 Å². The van der Waals surface area contributed by atoms with Crippen molar-refractivity contribution in [3.63, 3.8) is 0 Å². The quantitative estimate of drug-likeness (QED) is 0.628. The van der Waals surface area contributed by atoms with Crippen molar-refractivity contribution in [1.29, 1.82) is 0 Å². The molecular weight excluding hydrogens is 396 g/mol. The molecule has 2 spiro atoms. The van der Waals surface area contributed by atoms with Gasteiger partial charge >= 0.3 is 11.9 Å². The Labute approximate surface area is 166 Å². The molecule has 0 aromatic rings. The molecule has 4 fully saturated rings. The minimum absolute atomic E-state index is 0.120. The SMILES string of the molecule is COC(=O)[C@]12CCC3(SCCS3)[C@](C(=O)OC)(CCC13SCCS3)C2. The van der Waals surface area contributed by atoms with Gasteiger partial charge in [0.2, 0.25) is 0 Å². The number of methoxy groups -OCH3 is 2. The lowest BCUT2D eigenvalue weighted by atomic mass is 9.53. The number of ether oxygens (including phenoxy) is 2. The average Bonchev–Trinajstić information content (AvgIpc) is 3.31. The van der Waals surface area contributed by atoms with Crippen molar-refractivity contribution in [1.82, 2.24) is 0 Å². The molecule has 0 aromatic heterocycles. The van der Waals surface area contributed by atoms with Gasteiger partial charge in [0.1, 0.15) is 0 Å². The standard InChI is InChI=1S/C17H24O4S4/c1-20-12(18)14-3-5-17(24-9-10-25-17)15(11-14,13(19)21-2)4-6-16(14)22-7-8-23-16/h3-11H2,1-2H3/t14-,15-/m1/s1. The van der Waals surface area contributed by atoms with Gasteiger partial charge in [-0.05, 0) is 32.1 Å². The van der Waals surface area contributed by atoms with Gasteiger partial charge in [-0.15, -0.1) is 47.0 Å². The Balaban J connectivity index is 1.83. The zero-order valence-corrected chi connectivity index (χ0v) is 17.9. The third-order valence-corrected chi connectivity index (χ3v) is 14.3. The van der Waals surface area contributed by atoms with Gasteiger partial charge in [0.25, 0.3) is 0 Å². The summed E-state index contributed by atoms with van der Waals surface area (Å²) in [5.41, 5.74) is -1.15. The monoisotopic (exact) mass is 420 g/mol. The first-order valence-corrected chi connectivity index (χ1v) is 12.7. The Morgan fingerprint density at radius 1 is 0.680 bits per heavy atom. The van der Waals surface area contributed by atoms with E-state index in [1.54, 1.807) is 0 Å². The molecule has 0 radical (unpaired) electrons. The summed E-state index contributed by atoms with van der Waals surface area (Å²) >= 11 is 7.69. The molecule has 0 N–H and O–H groups in total. The Kier molecular flexibility index (Phi) is 4.82. The van der Waals surface area contributed by atoms with Crippen molar-refractivity contribution in [3.05, 3.63) is 0 Å². The molecule has 2 aliphatic carbocycles. The van der Waals surface area contributed by atoms with E-state index in [1.165, 1.54) is 14.2 Å². The summed E-state index contributed by atoms with van der Waals surface area (Å²) in [6, 6.07) is 0. The molecular formula is C17H24O4S4. The van der Waals surface area contributed by atoms with Crippen LogP contribution in [0.2, 0.25) is 0 Å². The first kappa shape index (κ1) is 18.7. The lowest BCUT2D eigenvalue weighted by Gasteiger charge is -2.62. The number of hydrogen-bond acceptors (Lipinski definition) is 8. The minimum Gasteiger partial charge on any atom is -0.469 e. The maximum atomic E-state index is 13.1. The topological polar surface area (TPSA) is 52.6 Å². The van der Waals surface area contributed by atoms with Crippen LogP contribution in [-0.2, 0) is 19.1 Å². The molecule has 2 atom stereocenters. The highest BCUT2D eigenvalue weighted by molar-refractivity contribution is 8.22. The largest absolute Gasteiger partial charge is 0.469 e. The molecule has 2 heterocycles. The lowest BCUT2D eigenvalue weighted by molar-refractivity contribution is -0.173. The molecule has 0 amide bonds. The number of hydrogen-bond donors (Lipinski definition) is 0. The fourth-order valence-corrected chi connectivity index (χ4v) is 12.8. The van der Waals surface area contributed by atoms with Crippen LogP contribution in [0.15, 0.2) is 0 Å². The van der Waals surface area contributed by atoms with Crippen molar-refractivity contribution < 1.29 is 19.1 Å². The highest BCUT2D eigenvalue weighted by Gasteiger charge is 2.75. The van der Waals surface area contributed by atoms with Crippen LogP contribution in [0.3, 0.4) is 0 Å². The van der Waals surface area contributed by atoms with Crippen LogP contribution >= 0.6 is 47.0 Å². The Hall–Kier alpha value is 0.340. The van der Waals surface area contributed by atoms with Crippen LogP contribution in [0, 0.1) is 10.8 Å². The lowest BCUT2D eigenvalue weighted by Crippen LogP contribution is -2.66. The summed E-state index contributed by atoms with van der Waals surface area (Å²) < 4.78 is 10.4. The van der Waals surface area contributed by atoms with Crippen LogP contribution in [0.5, 0.6) is 0 Å². The first-order valence-electron chi connectivity index (χ1n) is 8.73. The molecule has 4 nitrogen and oxygen atoms in total.